The van der Waals surface area contributed by atoms with Crippen LogP contribution in [0.5, 0.6) is 0 Å². The molecule has 0 aromatic carbocycles. The van der Waals surface area contributed by atoms with Crippen LogP contribution >= 0.6 is 11.3 Å². The van der Waals surface area contributed by atoms with Crippen molar-refractivity contribution < 1.29 is 9.90 Å². The maximum atomic E-state index is 11.1. The van der Waals surface area contributed by atoms with Crippen LogP contribution in [0.15, 0.2) is 24.4 Å². The van der Waals surface area contributed by atoms with Crippen LogP contribution in [0.25, 0.3) is 0 Å². The molecule has 2 aromatic rings. The first-order valence-corrected chi connectivity index (χ1v) is 7.35. The lowest BCUT2D eigenvalue weighted by Crippen LogP contribution is -2.17. The van der Waals surface area contributed by atoms with E-state index in [0.29, 0.717) is 23.5 Å². The van der Waals surface area contributed by atoms with Gasteiger partial charge in [0.2, 0.25) is 0 Å². The van der Waals surface area contributed by atoms with Gasteiger partial charge in [0.15, 0.2) is 0 Å². The topological polar surface area (TPSA) is 75.1 Å². The first-order chi connectivity index (χ1) is 9.70. The van der Waals surface area contributed by atoms with Crippen LogP contribution in [0, 0.1) is 0 Å². The molecule has 0 bridgehead atoms. The highest BCUT2D eigenvalue weighted by Gasteiger charge is 2.15. The van der Waals surface area contributed by atoms with Crippen LogP contribution in [-0.4, -0.2) is 27.6 Å². The third-order valence-corrected chi connectivity index (χ3v) is 3.96. The van der Waals surface area contributed by atoms with Crippen LogP contribution in [-0.2, 0) is 19.4 Å². The molecule has 0 fully saturated rings. The SMILES string of the molecule is CCc1nc(CCNCc2ccccn2)sc1C(=O)O. The molecule has 0 radical (unpaired) electrons. The second-order valence-corrected chi connectivity index (χ2v) is 5.37. The van der Waals surface area contributed by atoms with Gasteiger partial charge in [-0.25, -0.2) is 9.78 Å². The zero-order chi connectivity index (χ0) is 14.4. The molecule has 0 aliphatic carbocycles. The fourth-order valence-electron chi connectivity index (χ4n) is 1.83. The number of aryl methyl sites for hydroxylation is 1. The summed E-state index contributed by atoms with van der Waals surface area (Å²) in [6.45, 7) is 3.38. The Labute approximate surface area is 121 Å². The Morgan fingerprint density at radius 1 is 1.45 bits per heavy atom. The number of rotatable bonds is 7. The Balaban J connectivity index is 1.84. The largest absolute Gasteiger partial charge is 0.477 e. The monoisotopic (exact) mass is 291 g/mol. The summed E-state index contributed by atoms with van der Waals surface area (Å²) in [7, 11) is 0. The van der Waals surface area contributed by atoms with E-state index in [0.717, 1.165) is 23.7 Å². The summed E-state index contributed by atoms with van der Waals surface area (Å²) in [6.07, 6.45) is 3.15. The highest BCUT2D eigenvalue weighted by molar-refractivity contribution is 7.13. The first-order valence-electron chi connectivity index (χ1n) is 6.53. The second kappa shape index (κ2) is 7.12. The van der Waals surface area contributed by atoms with Crippen molar-refractivity contribution >= 4 is 17.3 Å². The summed E-state index contributed by atoms with van der Waals surface area (Å²) < 4.78 is 0. The van der Waals surface area contributed by atoms with Gasteiger partial charge in [-0.15, -0.1) is 11.3 Å². The number of carbonyl (C=O) groups is 1. The minimum Gasteiger partial charge on any atom is -0.477 e. The molecule has 5 nitrogen and oxygen atoms in total. The Morgan fingerprint density at radius 3 is 2.90 bits per heavy atom. The van der Waals surface area contributed by atoms with Crippen molar-refractivity contribution in [1.29, 1.82) is 0 Å². The molecule has 0 unspecified atom stereocenters. The van der Waals surface area contributed by atoms with Gasteiger partial charge >= 0.3 is 5.97 Å². The molecule has 0 aliphatic rings. The second-order valence-electron chi connectivity index (χ2n) is 4.29. The zero-order valence-corrected chi connectivity index (χ0v) is 12.1. The van der Waals surface area contributed by atoms with Gasteiger partial charge in [0, 0.05) is 25.7 Å². The van der Waals surface area contributed by atoms with E-state index in [1.807, 2.05) is 25.1 Å². The lowest BCUT2D eigenvalue weighted by molar-refractivity contribution is 0.0701. The highest BCUT2D eigenvalue weighted by atomic mass is 32.1. The minimum atomic E-state index is -0.882. The van der Waals surface area contributed by atoms with E-state index in [-0.39, 0.29) is 0 Å². The minimum absolute atomic E-state index is 0.368. The smallest absolute Gasteiger partial charge is 0.347 e. The van der Waals surface area contributed by atoms with Gasteiger partial charge in [0.1, 0.15) is 4.88 Å². The lowest BCUT2D eigenvalue weighted by Gasteiger charge is -2.02. The van der Waals surface area contributed by atoms with Gasteiger partial charge in [-0.05, 0) is 18.6 Å². The summed E-state index contributed by atoms with van der Waals surface area (Å²) >= 11 is 1.27. The molecule has 20 heavy (non-hydrogen) atoms. The van der Waals surface area contributed by atoms with E-state index in [4.69, 9.17) is 5.11 Å². The van der Waals surface area contributed by atoms with Crippen LogP contribution in [0.4, 0.5) is 0 Å². The van der Waals surface area contributed by atoms with Crippen molar-refractivity contribution in [3.8, 4) is 0 Å². The third-order valence-electron chi connectivity index (χ3n) is 2.82. The van der Waals surface area contributed by atoms with Crippen LogP contribution in [0.3, 0.4) is 0 Å². The molecule has 2 N–H and O–H groups in total. The molecule has 0 saturated carbocycles. The molecule has 2 aromatic heterocycles. The van der Waals surface area contributed by atoms with Gasteiger partial charge < -0.3 is 10.4 Å². The van der Waals surface area contributed by atoms with Gasteiger partial charge in [0.25, 0.3) is 0 Å². The van der Waals surface area contributed by atoms with E-state index in [1.54, 1.807) is 6.20 Å². The number of aromatic carboxylic acids is 1. The molecular weight excluding hydrogens is 274 g/mol. The predicted octanol–water partition coefficient (Wildman–Crippen LogP) is 2.13. The summed E-state index contributed by atoms with van der Waals surface area (Å²) in [5.74, 6) is -0.882. The molecule has 0 saturated heterocycles. The van der Waals surface area contributed by atoms with Crippen molar-refractivity contribution in [2.24, 2.45) is 0 Å². The molecule has 0 aliphatic heterocycles. The lowest BCUT2D eigenvalue weighted by atomic mass is 10.3. The summed E-state index contributed by atoms with van der Waals surface area (Å²) in [5.41, 5.74) is 1.68. The molecule has 0 spiro atoms. The van der Waals surface area contributed by atoms with Crippen LogP contribution < -0.4 is 5.32 Å². The third kappa shape index (κ3) is 3.85. The molecule has 0 amide bonds. The number of hydrogen-bond acceptors (Lipinski definition) is 5. The Bertz CT molecular complexity index is 569. The quantitative estimate of drug-likeness (QED) is 0.764. The van der Waals surface area contributed by atoms with Crippen molar-refractivity contribution in [2.75, 3.05) is 6.54 Å². The average molecular weight is 291 g/mol. The number of pyridine rings is 1. The molecule has 6 heteroatoms. The number of nitrogens with zero attached hydrogens (tertiary/aromatic N) is 2. The normalized spacial score (nSPS) is 10.7. The van der Waals surface area contributed by atoms with E-state index < -0.39 is 5.97 Å². The Kier molecular flexibility index (Phi) is 5.20. The zero-order valence-electron chi connectivity index (χ0n) is 11.3. The van der Waals surface area contributed by atoms with E-state index in [1.165, 1.54) is 11.3 Å². The molecular formula is C14H17N3O2S. The molecule has 2 heterocycles. The van der Waals surface area contributed by atoms with Gasteiger partial charge in [-0.1, -0.05) is 13.0 Å². The van der Waals surface area contributed by atoms with E-state index in [9.17, 15) is 4.79 Å². The number of carboxylic acids is 1. The molecule has 2 rings (SSSR count). The van der Waals surface area contributed by atoms with Crippen LogP contribution in [0.1, 0.15) is 33.0 Å². The summed E-state index contributed by atoms with van der Waals surface area (Å²) in [6, 6.07) is 5.81. The van der Waals surface area contributed by atoms with Crippen molar-refractivity contribution in [3.63, 3.8) is 0 Å². The maximum absolute atomic E-state index is 11.1. The van der Waals surface area contributed by atoms with E-state index in [2.05, 4.69) is 15.3 Å². The predicted molar refractivity (Wildman–Crippen MR) is 78.1 cm³/mol. The fraction of sp³-hybridized carbons (Fsp3) is 0.357. The fourth-order valence-corrected chi connectivity index (χ4v) is 2.82. The van der Waals surface area contributed by atoms with Gasteiger partial charge in [0.05, 0.1) is 16.4 Å². The molecule has 106 valence electrons. The number of nitrogens with one attached hydrogen (secondary N) is 1. The van der Waals surface area contributed by atoms with Gasteiger partial charge in [-0.2, -0.15) is 0 Å². The summed E-state index contributed by atoms with van der Waals surface area (Å²) in [5, 5.41) is 13.2. The van der Waals surface area contributed by atoms with Crippen molar-refractivity contribution in [1.82, 2.24) is 15.3 Å². The van der Waals surface area contributed by atoms with Gasteiger partial charge in [-0.3, -0.25) is 4.98 Å². The maximum Gasteiger partial charge on any atom is 0.347 e. The number of carboxylic acid groups (broad SMARTS) is 1. The number of thiazole rings is 1. The summed E-state index contributed by atoms with van der Waals surface area (Å²) in [4.78, 5) is 20.0. The van der Waals surface area contributed by atoms with E-state index >= 15 is 0 Å². The average Bonchev–Trinajstić information content (AvgIpc) is 2.88. The van der Waals surface area contributed by atoms with Crippen molar-refractivity contribution in [2.45, 2.75) is 26.3 Å². The first kappa shape index (κ1) is 14.6. The van der Waals surface area contributed by atoms with Crippen molar-refractivity contribution in [3.05, 3.63) is 45.7 Å². The molecule has 0 atom stereocenters. The van der Waals surface area contributed by atoms with Crippen LogP contribution in [0.2, 0.25) is 0 Å². The Morgan fingerprint density at radius 2 is 2.30 bits per heavy atom. The number of hydrogen-bond donors (Lipinski definition) is 2. The Hall–Kier alpha value is -1.79. The standard InChI is InChI=1S/C14H17N3O2S/c1-2-11-13(14(18)19)20-12(17-11)6-8-15-9-10-5-3-4-7-16-10/h3-5,7,15H,2,6,8-9H2,1H3,(H,18,19). The highest BCUT2D eigenvalue weighted by Crippen LogP contribution is 2.19. The number of aromatic nitrogens is 2.